The van der Waals surface area contributed by atoms with Crippen LogP contribution in [0.5, 0.6) is 0 Å². The third kappa shape index (κ3) is 2.63. The van der Waals surface area contributed by atoms with Crippen LogP contribution >= 0.6 is 0 Å². The van der Waals surface area contributed by atoms with E-state index in [1.165, 1.54) is 0 Å². The monoisotopic (exact) mass is 242 g/mol. The number of rotatable bonds is 3. The number of amides is 1. The zero-order chi connectivity index (χ0) is 13.0. The van der Waals surface area contributed by atoms with E-state index in [2.05, 4.69) is 20.6 Å². The fourth-order valence-electron chi connectivity index (χ4n) is 1.52. The highest BCUT2D eigenvalue weighted by atomic mass is 16.1. The van der Waals surface area contributed by atoms with Gasteiger partial charge in [-0.3, -0.25) is 9.78 Å². The third-order valence-corrected chi connectivity index (χ3v) is 2.53. The molecule has 18 heavy (non-hydrogen) atoms. The maximum absolute atomic E-state index is 12.0. The summed E-state index contributed by atoms with van der Waals surface area (Å²) in [6.07, 6.45) is 3.29. The predicted octanol–water partition coefficient (Wildman–Crippen LogP) is 2.08. The number of anilines is 2. The number of pyridine rings is 2. The molecule has 2 N–H and O–H groups in total. The first-order chi connectivity index (χ1) is 8.70. The van der Waals surface area contributed by atoms with Gasteiger partial charge in [0.05, 0.1) is 11.4 Å². The molecule has 92 valence electrons. The minimum Gasteiger partial charge on any atom is -0.373 e. The van der Waals surface area contributed by atoms with Crippen molar-refractivity contribution in [3.8, 4) is 0 Å². The van der Waals surface area contributed by atoms with Gasteiger partial charge in [0.1, 0.15) is 5.82 Å². The van der Waals surface area contributed by atoms with Gasteiger partial charge in [-0.25, -0.2) is 4.98 Å². The summed E-state index contributed by atoms with van der Waals surface area (Å²) in [5.41, 5.74) is 2.05. The molecule has 0 aliphatic heterocycles. The van der Waals surface area contributed by atoms with Crippen LogP contribution in [-0.2, 0) is 0 Å². The second-order valence-corrected chi connectivity index (χ2v) is 3.77. The van der Waals surface area contributed by atoms with Crippen molar-refractivity contribution in [2.75, 3.05) is 17.7 Å². The SMILES string of the molecule is CNc1cc(C(=O)Nc2cccnc2C)ccn1. The van der Waals surface area contributed by atoms with Crippen molar-refractivity contribution >= 4 is 17.4 Å². The molecule has 0 saturated carbocycles. The highest BCUT2D eigenvalue weighted by molar-refractivity contribution is 6.04. The van der Waals surface area contributed by atoms with E-state index in [0.717, 1.165) is 5.69 Å². The van der Waals surface area contributed by atoms with Gasteiger partial charge in [-0.2, -0.15) is 0 Å². The second-order valence-electron chi connectivity index (χ2n) is 3.77. The molecule has 5 heteroatoms. The van der Waals surface area contributed by atoms with Crippen molar-refractivity contribution < 1.29 is 4.79 Å². The van der Waals surface area contributed by atoms with Gasteiger partial charge in [-0.15, -0.1) is 0 Å². The van der Waals surface area contributed by atoms with Crippen LogP contribution in [0.25, 0.3) is 0 Å². The summed E-state index contributed by atoms with van der Waals surface area (Å²) in [6.45, 7) is 1.85. The number of nitrogens with zero attached hydrogens (tertiary/aromatic N) is 2. The summed E-state index contributed by atoms with van der Waals surface area (Å²) in [4.78, 5) is 20.2. The van der Waals surface area contributed by atoms with E-state index in [0.29, 0.717) is 17.1 Å². The second kappa shape index (κ2) is 5.27. The van der Waals surface area contributed by atoms with E-state index in [-0.39, 0.29) is 5.91 Å². The Balaban J connectivity index is 2.19. The number of carbonyl (C=O) groups excluding carboxylic acids is 1. The highest BCUT2D eigenvalue weighted by Gasteiger charge is 2.08. The molecular formula is C13H14N4O. The maximum atomic E-state index is 12.0. The Hall–Kier alpha value is -2.43. The normalized spacial score (nSPS) is 9.89. The van der Waals surface area contributed by atoms with E-state index in [1.807, 2.05) is 13.0 Å². The standard InChI is InChI=1S/C13H14N4O/c1-9-11(4-3-6-15-9)17-13(18)10-5-7-16-12(8-10)14-2/h3-8H,1-2H3,(H,14,16)(H,17,18). The van der Waals surface area contributed by atoms with Crippen LogP contribution in [0, 0.1) is 6.92 Å². The Labute approximate surface area is 105 Å². The molecule has 0 aromatic carbocycles. The lowest BCUT2D eigenvalue weighted by atomic mass is 10.2. The lowest BCUT2D eigenvalue weighted by Gasteiger charge is -2.08. The molecule has 1 amide bonds. The number of hydrogen-bond donors (Lipinski definition) is 2. The smallest absolute Gasteiger partial charge is 0.255 e. The van der Waals surface area contributed by atoms with Crippen molar-refractivity contribution in [1.29, 1.82) is 0 Å². The first kappa shape index (κ1) is 12.0. The van der Waals surface area contributed by atoms with Crippen molar-refractivity contribution in [2.45, 2.75) is 6.92 Å². The van der Waals surface area contributed by atoms with Crippen LogP contribution in [0.2, 0.25) is 0 Å². The van der Waals surface area contributed by atoms with Crippen LogP contribution in [0.1, 0.15) is 16.1 Å². The third-order valence-electron chi connectivity index (χ3n) is 2.53. The van der Waals surface area contributed by atoms with Gasteiger partial charge in [0.25, 0.3) is 5.91 Å². The van der Waals surface area contributed by atoms with Gasteiger partial charge in [0.15, 0.2) is 0 Å². The topological polar surface area (TPSA) is 66.9 Å². The summed E-state index contributed by atoms with van der Waals surface area (Å²) in [5.74, 6) is 0.482. The molecule has 0 fully saturated rings. The molecule has 5 nitrogen and oxygen atoms in total. The molecule has 0 unspecified atom stereocenters. The molecular weight excluding hydrogens is 228 g/mol. The summed E-state index contributed by atoms with van der Waals surface area (Å²) in [5, 5.41) is 5.71. The fourth-order valence-corrected chi connectivity index (χ4v) is 1.52. The molecule has 0 aliphatic rings. The Bertz CT molecular complexity index is 568. The predicted molar refractivity (Wildman–Crippen MR) is 70.7 cm³/mol. The van der Waals surface area contributed by atoms with E-state index < -0.39 is 0 Å². The summed E-state index contributed by atoms with van der Waals surface area (Å²) < 4.78 is 0. The molecule has 0 radical (unpaired) electrons. The molecule has 0 aliphatic carbocycles. The number of nitrogens with one attached hydrogen (secondary N) is 2. The zero-order valence-electron chi connectivity index (χ0n) is 10.3. The van der Waals surface area contributed by atoms with Crippen LogP contribution in [0.4, 0.5) is 11.5 Å². The number of carbonyl (C=O) groups is 1. The first-order valence-corrected chi connectivity index (χ1v) is 5.57. The Morgan fingerprint density at radius 2 is 2.06 bits per heavy atom. The minimum atomic E-state index is -0.176. The van der Waals surface area contributed by atoms with E-state index in [4.69, 9.17) is 0 Å². The van der Waals surface area contributed by atoms with Crippen LogP contribution in [-0.4, -0.2) is 22.9 Å². The Morgan fingerprint density at radius 3 is 2.78 bits per heavy atom. The van der Waals surface area contributed by atoms with Gasteiger partial charge in [-0.1, -0.05) is 0 Å². The van der Waals surface area contributed by atoms with Gasteiger partial charge in [-0.05, 0) is 31.2 Å². The van der Waals surface area contributed by atoms with Crippen molar-refractivity contribution in [3.05, 3.63) is 47.9 Å². The van der Waals surface area contributed by atoms with Crippen LogP contribution in [0.3, 0.4) is 0 Å². The number of aromatic nitrogens is 2. The molecule has 0 saturated heterocycles. The van der Waals surface area contributed by atoms with E-state index in [9.17, 15) is 4.79 Å². The molecule has 0 spiro atoms. The van der Waals surface area contributed by atoms with Crippen molar-refractivity contribution in [2.24, 2.45) is 0 Å². The van der Waals surface area contributed by atoms with Crippen LogP contribution in [0.15, 0.2) is 36.7 Å². The van der Waals surface area contributed by atoms with Gasteiger partial charge in [0.2, 0.25) is 0 Å². The zero-order valence-corrected chi connectivity index (χ0v) is 10.3. The molecule has 2 heterocycles. The molecule has 0 atom stereocenters. The van der Waals surface area contributed by atoms with E-state index in [1.54, 1.807) is 37.6 Å². The number of aryl methyl sites for hydroxylation is 1. The molecule has 0 bridgehead atoms. The molecule has 2 aromatic rings. The highest BCUT2D eigenvalue weighted by Crippen LogP contribution is 2.13. The maximum Gasteiger partial charge on any atom is 0.255 e. The van der Waals surface area contributed by atoms with Crippen molar-refractivity contribution in [1.82, 2.24) is 9.97 Å². The minimum absolute atomic E-state index is 0.176. The average Bonchev–Trinajstić information content (AvgIpc) is 2.41. The van der Waals surface area contributed by atoms with Gasteiger partial charge in [0, 0.05) is 25.0 Å². The van der Waals surface area contributed by atoms with Crippen molar-refractivity contribution in [3.63, 3.8) is 0 Å². The summed E-state index contributed by atoms with van der Waals surface area (Å²) >= 11 is 0. The van der Waals surface area contributed by atoms with E-state index >= 15 is 0 Å². The average molecular weight is 242 g/mol. The van der Waals surface area contributed by atoms with Crippen LogP contribution < -0.4 is 10.6 Å². The lowest BCUT2D eigenvalue weighted by Crippen LogP contribution is -2.13. The Morgan fingerprint density at radius 1 is 1.22 bits per heavy atom. The first-order valence-electron chi connectivity index (χ1n) is 5.57. The van der Waals surface area contributed by atoms with Gasteiger partial charge < -0.3 is 10.6 Å². The quantitative estimate of drug-likeness (QED) is 0.864. The molecule has 2 rings (SSSR count). The summed E-state index contributed by atoms with van der Waals surface area (Å²) in [7, 11) is 1.76. The molecule has 2 aromatic heterocycles. The lowest BCUT2D eigenvalue weighted by molar-refractivity contribution is 0.102. The number of hydrogen-bond acceptors (Lipinski definition) is 4. The van der Waals surface area contributed by atoms with Gasteiger partial charge >= 0.3 is 0 Å². The largest absolute Gasteiger partial charge is 0.373 e. The summed E-state index contributed by atoms with van der Waals surface area (Å²) in [6, 6.07) is 6.97. The Kier molecular flexibility index (Phi) is 3.52. The fraction of sp³-hybridized carbons (Fsp3) is 0.154.